The first-order chi connectivity index (χ1) is 13.3. The third kappa shape index (κ3) is 6.18. The van der Waals surface area contributed by atoms with Crippen LogP contribution in [0.25, 0.3) is 23.3 Å². The van der Waals surface area contributed by atoms with E-state index in [1.165, 1.54) is 0 Å². The van der Waals surface area contributed by atoms with Gasteiger partial charge in [-0.25, -0.2) is 19.9 Å². The van der Waals surface area contributed by atoms with Crippen molar-refractivity contribution in [1.29, 1.82) is 0 Å². The summed E-state index contributed by atoms with van der Waals surface area (Å²) < 4.78 is 7.79. The van der Waals surface area contributed by atoms with Crippen LogP contribution < -0.4 is 0 Å². The second kappa shape index (κ2) is 10.8. The molecule has 12 heteroatoms. The number of hydrogen-bond donors (Lipinski definition) is 0. The summed E-state index contributed by atoms with van der Waals surface area (Å²) in [5.74, 6) is 3.56. The van der Waals surface area contributed by atoms with E-state index in [2.05, 4.69) is 19.9 Å². The van der Waals surface area contributed by atoms with E-state index in [-0.39, 0.29) is 0 Å². The van der Waals surface area contributed by atoms with Gasteiger partial charge in [-0.2, -0.15) is 0 Å². The van der Waals surface area contributed by atoms with Crippen LogP contribution in [0.2, 0.25) is 0 Å². The maximum atomic E-state index is 4.98. The van der Waals surface area contributed by atoms with E-state index in [1.54, 1.807) is 24.8 Å². The molecule has 0 atom stereocenters. The Kier molecular flexibility index (Phi) is 8.71. The van der Waals surface area contributed by atoms with Crippen LogP contribution in [-0.2, 0) is 41.4 Å². The summed E-state index contributed by atoms with van der Waals surface area (Å²) in [4.78, 5) is 16.8. The van der Waals surface area contributed by atoms with E-state index in [9.17, 15) is 0 Å². The van der Waals surface area contributed by atoms with E-state index in [4.69, 9.17) is 28.9 Å². The monoisotopic (exact) mass is 621 g/mol. The molecule has 4 heterocycles. The summed E-state index contributed by atoms with van der Waals surface area (Å²) in [5, 5.41) is 0. The van der Waals surface area contributed by atoms with E-state index in [0.717, 1.165) is 23.3 Å². The van der Waals surface area contributed by atoms with Crippen molar-refractivity contribution in [2.75, 3.05) is 0 Å². The second-order valence-corrected chi connectivity index (χ2v) is 16.6. The third-order valence-electron chi connectivity index (χ3n) is 3.68. The van der Waals surface area contributed by atoms with Crippen LogP contribution in [0.4, 0.5) is 0 Å². The molecule has 4 aromatic heterocycles. The summed E-state index contributed by atoms with van der Waals surface area (Å²) in [6.45, 7) is 0. The van der Waals surface area contributed by atoms with Crippen molar-refractivity contribution in [3.05, 3.63) is 49.6 Å². The molecule has 0 unspecified atom stereocenters. The van der Waals surface area contributed by atoms with Crippen LogP contribution in [0.5, 0.6) is 0 Å². The van der Waals surface area contributed by atoms with Gasteiger partial charge in [0, 0.05) is 77.8 Å². The average Bonchev–Trinajstić information content (AvgIpc) is 3.38. The maximum absolute atomic E-state index is 4.98. The fourth-order valence-corrected chi connectivity index (χ4v) is 2.32. The van der Waals surface area contributed by atoms with Gasteiger partial charge in [-0.3, -0.25) is 0 Å². The number of aromatic nitrogens is 8. The molecule has 0 N–H and O–H groups in total. The van der Waals surface area contributed by atoms with E-state index >= 15 is 0 Å². The quantitative estimate of drug-likeness (QED) is 0.343. The Morgan fingerprint density at radius 1 is 0.536 bits per heavy atom. The summed E-state index contributed by atoms with van der Waals surface area (Å²) >= 11 is -1.98. The fourth-order valence-electron chi connectivity index (χ4n) is 2.32. The van der Waals surface area contributed by atoms with Crippen molar-refractivity contribution < 1.29 is 13.2 Å². The van der Waals surface area contributed by atoms with Crippen molar-refractivity contribution in [2.24, 2.45) is 28.2 Å². The minimum atomic E-state index is -1.98. The number of aryl methyl sites for hydroxylation is 4. The predicted octanol–water partition coefficient (Wildman–Crippen LogP) is 3.71. The van der Waals surface area contributed by atoms with Crippen LogP contribution in [0.1, 0.15) is 0 Å². The van der Waals surface area contributed by atoms with Crippen molar-refractivity contribution in [2.45, 2.75) is 0 Å². The molecule has 0 saturated heterocycles. The van der Waals surface area contributed by atoms with Gasteiger partial charge in [-0.05, 0) is 0 Å². The molecule has 0 spiro atoms. The summed E-state index contributed by atoms with van der Waals surface area (Å²) in [5.41, 5.74) is 0. The van der Waals surface area contributed by atoms with Crippen LogP contribution >= 0.6 is 28.9 Å². The number of rotatable bonds is 2. The first-order valence-electron chi connectivity index (χ1n) is 7.88. The summed E-state index contributed by atoms with van der Waals surface area (Å²) in [6.07, 6.45) is 14.7. The van der Waals surface area contributed by atoms with Gasteiger partial charge >= 0.3 is 42.1 Å². The van der Waals surface area contributed by atoms with E-state index in [1.807, 2.05) is 71.2 Å². The minimum absolute atomic E-state index is 0.891. The van der Waals surface area contributed by atoms with Crippen LogP contribution in [-0.4, -0.2) is 38.2 Å². The van der Waals surface area contributed by atoms with Gasteiger partial charge in [0.1, 0.15) is 0 Å². The molecule has 0 fully saturated rings. The first-order valence-corrected chi connectivity index (χ1v) is 17.3. The number of halogens is 3. The van der Waals surface area contributed by atoms with Crippen molar-refractivity contribution >= 4 is 28.9 Å². The molecule has 28 heavy (non-hydrogen) atoms. The molecule has 8 nitrogen and oxygen atoms in total. The van der Waals surface area contributed by atoms with Gasteiger partial charge in [0.05, 0.1) is 0 Å². The Morgan fingerprint density at radius 3 is 0.821 bits per heavy atom. The molecule has 0 radical (unpaired) electrons. The standard InChI is InChI=1S/2C8H10N4.3ClH.Os/c2*1-11-5-3-9-7(11)8-10-4-6-12(8)2;;;;/h2*3-6H,1-2H3;3*1H;/q;;;;;+3/p-3. The Balaban J connectivity index is 0.000000169. The first kappa shape index (κ1) is 22.6. The molecule has 153 valence electrons. The number of imidazole rings is 4. The Bertz CT molecular complexity index is 832. The van der Waals surface area contributed by atoms with Gasteiger partial charge in [0.15, 0.2) is 23.3 Å². The molecule has 4 aromatic rings. The van der Waals surface area contributed by atoms with Gasteiger partial charge in [0.2, 0.25) is 0 Å². The van der Waals surface area contributed by atoms with Gasteiger partial charge in [-0.15, -0.1) is 0 Å². The van der Waals surface area contributed by atoms with Crippen LogP contribution in [0.3, 0.4) is 0 Å². The zero-order valence-corrected chi connectivity index (χ0v) is 20.5. The average molecular weight is 621 g/mol. The van der Waals surface area contributed by atoms with Crippen molar-refractivity contribution in [3.8, 4) is 23.3 Å². The molecular weight excluding hydrogens is 601 g/mol. The molecular formula is C16H20Cl3N8Os. The molecule has 0 aliphatic rings. The number of hydrogen-bond acceptors (Lipinski definition) is 4. The summed E-state index contributed by atoms with van der Waals surface area (Å²) in [6, 6.07) is 0. The zero-order chi connectivity index (χ0) is 20.7. The molecule has 0 aliphatic heterocycles. The van der Waals surface area contributed by atoms with Gasteiger partial charge in [0.25, 0.3) is 0 Å². The van der Waals surface area contributed by atoms with Crippen LogP contribution in [0, 0.1) is 0 Å². The normalized spacial score (nSPS) is 10.6. The van der Waals surface area contributed by atoms with E-state index in [0.29, 0.717) is 0 Å². The second-order valence-electron chi connectivity index (χ2n) is 5.60. The molecule has 0 aliphatic carbocycles. The molecule has 0 amide bonds. The Labute approximate surface area is 180 Å². The third-order valence-corrected chi connectivity index (χ3v) is 3.68. The predicted molar refractivity (Wildman–Crippen MR) is 108 cm³/mol. The van der Waals surface area contributed by atoms with Crippen LogP contribution in [0.15, 0.2) is 49.6 Å². The zero-order valence-electron chi connectivity index (χ0n) is 15.7. The SMILES string of the molecule is Cn1ccnc1-c1nccn1C.Cn1ccnc1-c1nccn1C.[Cl][Os]([Cl])[Cl]. The Morgan fingerprint density at radius 2 is 0.714 bits per heavy atom. The van der Waals surface area contributed by atoms with E-state index < -0.39 is 13.2 Å². The van der Waals surface area contributed by atoms with Crippen molar-refractivity contribution in [1.82, 2.24) is 38.2 Å². The molecule has 0 aromatic carbocycles. The van der Waals surface area contributed by atoms with Gasteiger partial charge < -0.3 is 18.3 Å². The van der Waals surface area contributed by atoms with Gasteiger partial charge in [-0.1, -0.05) is 0 Å². The topological polar surface area (TPSA) is 71.3 Å². The molecule has 4 rings (SSSR count). The molecule has 0 saturated carbocycles. The number of nitrogens with zero attached hydrogens (tertiary/aromatic N) is 8. The van der Waals surface area contributed by atoms with Crippen molar-refractivity contribution in [3.63, 3.8) is 0 Å². The summed E-state index contributed by atoms with van der Waals surface area (Å²) in [7, 11) is 22.8. The fraction of sp³-hybridized carbons (Fsp3) is 0.250. The Hall–Kier alpha value is -1.65. The molecule has 0 bridgehead atoms.